The molecule has 2 amide bonds. The summed E-state index contributed by atoms with van der Waals surface area (Å²) in [5, 5.41) is 2.56. The van der Waals surface area contributed by atoms with Crippen LogP contribution in [0.2, 0.25) is 0 Å². The zero-order valence-corrected chi connectivity index (χ0v) is 14.7. The molecule has 0 saturated heterocycles. The highest BCUT2D eigenvalue weighted by molar-refractivity contribution is 5.99. The van der Waals surface area contributed by atoms with Crippen molar-refractivity contribution >= 4 is 29.3 Å². The molecule has 26 heavy (non-hydrogen) atoms. The zero-order chi connectivity index (χ0) is 19.3. The number of nitrogens with zero attached hydrogens (tertiary/aromatic N) is 1. The molecule has 2 rings (SSSR count). The van der Waals surface area contributed by atoms with Gasteiger partial charge in [-0.05, 0) is 37.3 Å². The van der Waals surface area contributed by atoms with Gasteiger partial charge in [0, 0.05) is 37.1 Å². The number of aromatic nitrogens is 1. The van der Waals surface area contributed by atoms with Crippen LogP contribution in [-0.4, -0.2) is 54.2 Å². The summed E-state index contributed by atoms with van der Waals surface area (Å²) in [6.07, 6.45) is 1.40. The van der Waals surface area contributed by atoms with Crippen LogP contribution in [0.5, 0.6) is 0 Å². The summed E-state index contributed by atoms with van der Waals surface area (Å²) < 4.78 is 4.89. The second-order valence-electron chi connectivity index (χ2n) is 5.76. The van der Waals surface area contributed by atoms with Gasteiger partial charge in [0.1, 0.15) is 5.69 Å². The molecule has 0 aliphatic heterocycles. The average Bonchev–Trinajstić information content (AvgIpc) is 3.10. The molecular formula is C18H19N3O5. The van der Waals surface area contributed by atoms with Gasteiger partial charge in [0.25, 0.3) is 11.8 Å². The number of hydrogen-bond acceptors (Lipinski definition) is 5. The summed E-state index contributed by atoms with van der Waals surface area (Å²) in [6.45, 7) is 0.898. The minimum Gasteiger partial charge on any atom is -0.451 e. The number of hydrogen-bond donors (Lipinski definition) is 2. The van der Waals surface area contributed by atoms with E-state index >= 15 is 0 Å². The van der Waals surface area contributed by atoms with E-state index in [1.54, 1.807) is 38.4 Å². The molecule has 8 heteroatoms. The van der Waals surface area contributed by atoms with Crippen molar-refractivity contribution in [3.05, 3.63) is 53.3 Å². The molecule has 136 valence electrons. The maximum absolute atomic E-state index is 11.9. The van der Waals surface area contributed by atoms with E-state index in [0.717, 1.165) is 0 Å². The highest BCUT2D eigenvalue weighted by atomic mass is 16.5. The van der Waals surface area contributed by atoms with Gasteiger partial charge in [0.15, 0.2) is 12.4 Å². The van der Waals surface area contributed by atoms with Crippen LogP contribution >= 0.6 is 0 Å². The van der Waals surface area contributed by atoms with Crippen molar-refractivity contribution in [3.63, 3.8) is 0 Å². The Kier molecular flexibility index (Phi) is 5.90. The van der Waals surface area contributed by atoms with Gasteiger partial charge < -0.3 is 19.9 Å². The minimum atomic E-state index is -0.737. The van der Waals surface area contributed by atoms with Crippen LogP contribution in [0.15, 0.2) is 36.5 Å². The number of carbonyl (C=O) groups excluding carboxylic acids is 4. The van der Waals surface area contributed by atoms with E-state index in [0.29, 0.717) is 16.8 Å². The highest BCUT2D eigenvalue weighted by Crippen LogP contribution is 2.11. The topological polar surface area (TPSA) is 109 Å². The lowest BCUT2D eigenvalue weighted by Crippen LogP contribution is -2.22. The van der Waals surface area contributed by atoms with Gasteiger partial charge >= 0.3 is 5.97 Å². The van der Waals surface area contributed by atoms with Gasteiger partial charge in [-0.15, -0.1) is 0 Å². The first kappa shape index (κ1) is 18.9. The lowest BCUT2D eigenvalue weighted by atomic mass is 10.2. The number of ketones is 1. The van der Waals surface area contributed by atoms with Crippen molar-refractivity contribution < 1.29 is 23.9 Å². The molecule has 0 unspecified atom stereocenters. The first-order valence-electron chi connectivity index (χ1n) is 7.76. The van der Waals surface area contributed by atoms with Gasteiger partial charge in [0.05, 0.1) is 0 Å². The molecule has 0 spiro atoms. The zero-order valence-electron chi connectivity index (χ0n) is 14.7. The summed E-state index contributed by atoms with van der Waals surface area (Å²) >= 11 is 0. The van der Waals surface area contributed by atoms with Gasteiger partial charge in [0.2, 0.25) is 0 Å². The van der Waals surface area contributed by atoms with Gasteiger partial charge in [-0.25, -0.2) is 4.79 Å². The summed E-state index contributed by atoms with van der Waals surface area (Å²) in [7, 11) is 3.30. The predicted octanol–water partition coefficient (Wildman–Crippen LogP) is 1.71. The van der Waals surface area contributed by atoms with Crippen LogP contribution in [-0.2, 0) is 9.53 Å². The number of ether oxygens (including phenoxy) is 1. The minimum absolute atomic E-state index is 0.0922. The van der Waals surface area contributed by atoms with E-state index in [2.05, 4.69) is 10.3 Å². The average molecular weight is 357 g/mol. The Hall–Kier alpha value is -3.42. The molecule has 8 nitrogen and oxygen atoms in total. The fourth-order valence-corrected chi connectivity index (χ4v) is 2.08. The molecule has 1 heterocycles. The third-order valence-corrected chi connectivity index (χ3v) is 3.47. The van der Waals surface area contributed by atoms with E-state index in [9.17, 15) is 19.2 Å². The Morgan fingerprint density at radius 3 is 2.27 bits per heavy atom. The fourth-order valence-electron chi connectivity index (χ4n) is 2.08. The SMILES string of the molecule is CC(=O)c1c[nH]c(C(=O)OCC(=O)Nc2ccc(C(=O)N(C)C)cc2)c1. The number of amides is 2. The third kappa shape index (κ3) is 4.79. The van der Waals surface area contributed by atoms with E-state index in [1.165, 1.54) is 24.1 Å². The molecule has 2 aromatic rings. The molecule has 0 saturated carbocycles. The maximum Gasteiger partial charge on any atom is 0.355 e. The molecule has 0 atom stereocenters. The van der Waals surface area contributed by atoms with Crippen LogP contribution < -0.4 is 5.32 Å². The number of esters is 1. The quantitative estimate of drug-likeness (QED) is 0.604. The number of rotatable bonds is 6. The Bertz CT molecular complexity index is 837. The summed E-state index contributed by atoms with van der Waals surface area (Å²) in [5.41, 5.74) is 1.41. The van der Waals surface area contributed by atoms with Crippen LogP contribution in [0, 0.1) is 0 Å². The largest absolute Gasteiger partial charge is 0.451 e. The van der Waals surface area contributed by atoms with Crippen LogP contribution in [0.4, 0.5) is 5.69 Å². The fraction of sp³-hybridized carbons (Fsp3) is 0.222. The Morgan fingerprint density at radius 2 is 1.73 bits per heavy atom. The molecule has 0 aliphatic carbocycles. The third-order valence-electron chi connectivity index (χ3n) is 3.47. The van der Waals surface area contributed by atoms with Gasteiger partial charge in [-0.3, -0.25) is 14.4 Å². The first-order chi connectivity index (χ1) is 12.3. The molecular weight excluding hydrogens is 338 g/mol. The van der Waals surface area contributed by atoms with Crippen molar-refractivity contribution in [2.75, 3.05) is 26.0 Å². The Morgan fingerprint density at radius 1 is 1.08 bits per heavy atom. The van der Waals surface area contributed by atoms with Crippen molar-refractivity contribution in [3.8, 4) is 0 Å². The lowest BCUT2D eigenvalue weighted by Gasteiger charge is -2.11. The van der Waals surface area contributed by atoms with E-state index in [-0.39, 0.29) is 17.4 Å². The number of aromatic amines is 1. The number of benzene rings is 1. The molecule has 1 aromatic heterocycles. The highest BCUT2D eigenvalue weighted by Gasteiger charge is 2.14. The van der Waals surface area contributed by atoms with Crippen LogP contribution in [0.3, 0.4) is 0 Å². The first-order valence-corrected chi connectivity index (χ1v) is 7.76. The second-order valence-corrected chi connectivity index (χ2v) is 5.76. The lowest BCUT2D eigenvalue weighted by molar-refractivity contribution is -0.119. The van der Waals surface area contributed by atoms with Crippen LogP contribution in [0.1, 0.15) is 38.1 Å². The summed E-state index contributed by atoms with van der Waals surface area (Å²) in [6, 6.07) is 7.71. The predicted molar refractivity (Wildman–Crippen MR) is 94.2 cm³/mol. The van der Waals surface area contributed by atoms with E-state index < -0.39 is 18.5 Å². The van der Waals surface area contributed by atoms with E-state index in [4.69, 9.17) is 4.74 Å². The van der Waals surface area contributed by atoms with Crippen molar-refractivity contribution in [2.45, 2.75) is 6.92 Å². The number of anilines is 1. The Labute approximate surface area is 150 Å². The standard InChI is InChI=1S/C18H19N3O5/c1-11(22)13-8-15(19-9-13)18(25)26-10-16(23)20-14-6-4-12(5-7-14)17(24)21(2)3/h4-9,19H,10H2,1-3H3,(H,20,23). The smallest absolute Gasteiger partial charge is 0.355 e. The summed E-state index contributed by atoms with van der Waals surface area (Å²) in [5.74, 6) is -1.59. The van der Waals surface area contributed by atoms with Gasteiger partial charge in [-0.1, -0.05) is 0 Å². The molecule has 0 bridgehead atoms. The molecule has 0 radical (unpaired) electrons. The van der Waals surface area contributed by atoms with Crippen molar-refractivity contribution in [1.82, 2.24) is 9.88 Å². The summed E-state index contributed by atoms with van der Waals surface area (Å²) in [4.78, 5) is 50.8. The van der Waals surface area contributed by atoms with Gasteiger partial charge in [-0.2, -0.15) is 0 Å². The number of carbonyl (C=O) groups is 4. The molecule has 0 fully saturated rings. The Balaban J connectivity index is 1.87. The molecule has 2 N–H and O–H groups in total. The monoisotopic (exact) mass is 357 g/mol. The number of H-pyrrole nitrogens is 1. The number of nitrogens with one attached hydrogen (secondary N) is 2. The maximum atomic E-state index is 11.9. The van der Waals surface area contributed by atoms with E-state index in [1.807, 2.05) is 0 Å². The number of Topliss-reactive ketones (excluding diaryl/α,β-unsaturated/α-hetero) is 1. The normalized spacial score (nSPS) is 10.1. The second kappa shape index (κ2) is 8.11. The van der Waals surface area contributed by atoms with Crippen LogP contribution in [0.25, 0.3) is 0 Å². The molecule has 0 aliphatic rings. The molecule has 1 aromatic carbocycles. The van der Waals surface area contributed by atoms with Crippen molar-refractivity contribution in [1.29, 1.82) is 0 Å². The van der Waals surface area contributed by atoms with Crippen molar-refractivity contribution in [2.24, 2.45) is 0 Å².